The average Bonchev–Trinajstić information content (AvgIpc) is 3.27. The number of hydrogen-bond acceptors (Lipinski definition) is 4. The van der Waals surface area contributed by atoms with Gasteiger partial charge in [-0.1, -0.05) is 18.0 Å². The van der Waals surface area contributed by atoms with Gasteiger partial charge in [0.25, 0.3) is 0 Å². The molecular formula is C19H25ClN4OS. The van der Waals surface area contributed by atoms with Gasteiger partial charge in [0.1, 0.15) is 0 Å². The van der Waals surface area contributed by atoms with E-state index < -0.39 is 0 Å². The van der Waals surface area contributed by atoms with E-state index in [-0.39, 0.29) is 6.10 Å². The zero-order valence-electron chi connectivity index (χ0n) is 14.9. The number of ether oxygens (including phenoxy) is 1. The summed E-state index contributed by atoms with van der Waals surface area (Å²) in [6.07, 6.45) is 6.27. The summed E-state index contributed by atoms with van der Waals surface area (Å²) in [6, 6.07) is 7.83. The predicted octanol–water partition coefficient (Wildman–Crippen LogP) is 4.36. The van der Waals surface area contributed by atoms with Gasteiger partial charge >= 0.3 is 0 Å². The lowest BCUT2D eigenvalue weighted by Crippen LogP contribution is -2.32. The highest BCUT2D eigenvalue weighted by atomic mass is 35.5. The fourth-order valence-electron chi connectivity index (χ4n) is 3.79. The molecule has 0 radical (unpaired) electrons. The smallest absolute Gasteiger partial charge is 0.199 e. The zero-order valence-corrected chi connectivity index (χ0v) is 16.5. The fraction of sp³-hybridized carbons (Fsp3) is 0.579. The van der Waals surface area contributed by atoms with E-state index >= 15 is 0 Å². The van der Waals surface area contributed by atoms with Crippen molar-refractivity contribution in [3.8, 4) is 11.4 Å². The van der Waals surface area contributed by atoms with Crippen molar-refractivity contribution < 1.29 is 4.74 Å². The van der Waals surface area contributed by atoms with E-state index in [2.05, 4.69) is 9.47 Å². The lowest BCUT2D eigenvalue weighted by atomic mass is 10.1. The zero-order chi connectivity index (χ0) is 17.9. The molecule has 1 aromatic heterocycles. The van der Waals surface area contributed by atoms with Crippen LogP contribution in [0.5, 0.6) is 0 Å². The third-order valence-electron chi connectivity index (χ3n) is 5.22. The Balaban J connectivity index is 1.66. The summed E-state index contributed by atoms with van der Waals surface area (Å²) in [5, 5.41) is 5.61. The highest BCUT2D eigenvalue weighted by Gasteiger charge is 2.21. The SMILES string of the molecule is S=c1n(CN2CCCCC2)nc(-c2ccc(Cl)cc2)n1C[C@H]1CCCO1. The van der Waals surface area contributed by atoms with Crippen molar-refractivity contribution in [3.63, 3.8) is 0 Å². The maximum Gasteiger partial charge on any atom is 0.199 e. The molecule has 0 amide bonds. The summed E-state index contributed by atoms with van der Waals surface area (Å²) in [5.41, 5.74) is 1.04. The Bertz CT molecular complexity index is 789. The van der Waals surface area contributed by atoms with E-state index in [9.17, 15) is 0 Å². The van der Waals surface area contributed by atoms with Gasteiger partial charge in [-0.25, -0.2) is 4.68 Å². The molecule has 1 aromatic carbocycles. The molecule has 26 heavy (non-hydrogen) atoms. The quantitative estimate of drug-likeness (QED) is 0.708. The van der Waals surface area contributed by atoms with E-state index in [0.29, 0.717) is 0 Å². The molecule has 4 rings (SSSR count). The van der Waals surface area contributed by atoms with Crippen LogP contribution in [-0.2, 0) is 18.0 Å². The van der Waals surface area contributed by atoms with Crippen LogP contribution in [0.15, 0.2) is 24.3 Å². The number of nitrogens with zero attached hydrogens (tertiary/aromatic N) is 4. The topological polar surface area (TPSA) is 35.2 Å². The monoisotopic (exact) mass is 392 g/mol. The number of piperidine rings is 1. The Morgan fingerprint density at radius 1 is 1.12 bits per heavy atom. The van der Waals surface area contributed by atoms with E-state index in [1.54, 1.807) is 0 Å². The van der Waals surface area contributed by atoms with Gasteiger partial charge < -0.3 is 4.74 Å². The van der Waals surface area contributed by atoms with Gasteiger partial charge in [-0.3, -0.25) is 9.47 Å². The first-order valence-corrected chi connectivity index (χ1v) is 10.3. The maximum atomic E-state index is 6.06. The summed E-state index contributed by atoms with van der Waals surface area (Å²) < 4.78 is 10.7. The van der Waals surface area contributed by atoms with Crippen LogP contribution >= 0.6 is 23.8 Å². The Kier molecular flexibility index (Phi) is 5.74. The normalized spacial score (nSPS) is 21.3. The molecule has 0 aliphatic carbocycles. The van der Waals surface area contributed by atoms with Crippen LogP contribution in [0.1, 0.15) is 32.1 Å². The van der Waals surface area contributed by atoms with Crippen LogP contribution in [0.3, 0.4) is 0 Å². The highest BCUT2D eigenvalue weighted by Crippen LogP contribution is 2.24. The first kappa shape index (κ1) is 18.2. The number of aromatic nitrogens is 3. The van der Waals surface area contributed by atoms with Crippen molar-refractivity contribution in [1.29, 1.82) is 0 Å². The van der Waals surface area contributed by atoms with E-state index in [0.717, 1.165) is 66.9 Å². The lowest BCUT2D eigenvalue weighted by Gasteiger charge is -2.25. The van der Waals surface area contributed by atoms with E-state index in [4.69, 9.17) is 33.7 Å². The minimum atomic E-state index is 0.223. The number of hydrogen-bond donors (Lipinski definition) is 0. The first-order valence-electron chi connectivity index (χ1n) is 9.48. The molecule has 1 atom stereocenters. The molecule has 0 unspecified atom stereocenters. The Morgan fingerprint density at radius 3 is 2.58 bits per heavy atom. The van der Waals surface area contributed by atoms with Crippen LogP contribution in [0, 0.1) is 4.77 Å². The number of likely N-dealkylation sites (tertiary alicyclic amines) is 1. The van der Waals surface area contributed by atoms with Crippen LogP contribution in [-0.4, -0.2) is 45.0 Å². The average molecular weight is 393 g/mol. The second-order valence-electron chi connectivity index (χ2n) is 7.18. The van der Waals surface area contributed by atoms with Crippen molar-refractivity contribution >= 4 is 23.8 Å². The minimum Gasteiger partial charge on any atom is -0.376 e. The van der Waals surface area contributed by atoms with Gasteiger partial charge in [0.2, 0.25) is 0 Å². The summed E-state index contributed by atoms with van der Waals surface area (Å²) in [4.78, 5) is 2.44. The molecule has 2 saturated heterocycles. The predicted molar refractivity (Wildman–Crippen MR) is 106 cm³/mol. The second-order valence-corrected chi connectivity index (χ2v) is 7.98. The standard InChI is InChI=1S/C19H25ClN4OS/c20-16-8-6-15(7-9-16)18-21-24(14-22-10-2-1-3-11-22)19(26)23(18)13-17-5-4-12-25-17/h6-9,17H,1-5,10-14H2/t17-/m1/s1. The molecular weight excluding hydrogens is 368 g/mol. The van der Waals surface area contributed by atoms with Crippen molar-refractivity contribution in [2.45, 2.75) is 51.4 Å². The molecule has 0 bridgehead atoms. The molecule has 5 nitrogen and oxygen atoms in total. The number of rotatable bonds is 5. The molecule has 3 heterocycles. The van der Waals surface area contributed by atoms with Gasteiger partial charge in [0, 0.05) is 17.2 Å². The molecule has 2 aliphatic rings. The first-order chi connectivity index (χ1) is 12.7. The number of halogens is 1. The summed E-state index contributed by atoms with van der Waals surface area (Å²) in [5.74, 6) is 0.902. The third-order valence-corrected chi connectivity index (χ3v) is 5.90. The van der Waals surface area contributed by atoms with E-state index in [1.807, 2.05) is 28.9 Å². The Labute approximate surface area is 164 Å². The molecule has 0 N–H and O–H groups in total. The van der Waals surface area contributed by atoms with E-state index in [1.165, 1.54) is 19.3 Å². The van der Waals surface area contributed by atoms with Crippen LogP contribution < -0.4 is 0 Å². The molecule has 7 heteroatoms. The van der Waals surface area contributed by atoms with Crippen LogP contribution in [0.25, 0.3) is 11.4 Å². The Hall–Kier alpha value is -1.21. The molecule has 2 aliphatic heterocycles. The molecule has 2 aromatic rings. The molecule has 0 spiro atoms. The van der Waals surface area contributed by atoms with Gasteiger partial charge in [0.05, 0.1) is 19.3 Å². The van der Waals surface area contributed by atoms with Gasteiger partial charge in [-0.05, 0) is 75.3 Å². The highest BCUT2D eigenvalue weighted by molar-refractivity contribution is 7.71. The summed E-state index contributed by atoms with van der Waals surface area (Å²) in [7, 11) is 0. The lowest BCUT2D eigenvalue weighted by molar-refractivity contribution is 0.0966. The van der Waals surface area contributed by atoms with Crippen molar-refractivity contribution in [2.75, 3.05) is 19.7 Å². The van der Waals surface area contributed by atoms with Gasteiger partial charge in [-0.2, -0.15) is 5.10 Å². The van der Waals surface area contributed by atoms with Crippen molar-refractivity contribution in [2.24, 2.45) is 0 Å². The largest absolute Gasteiger partial charge is 0.376 e. The summed E-state index contributed by atoms with van der Waals surface area (Å²) >= 11 is 11.9. The Morgan fingerprint density at radius 2 is 1.88 bits per heavy atom. The van der Waals surface area contributed by atoms with Crippen molar-refractivity contribution in [1.82, 2.24) is 19.2 Å². The second kappa shape index (κ2) is 8.21. The minimum absolute atomic E-state index is 0.223. The number of benzene rings is 1. The fourth-order valence-corrected chi connectivity index (χ4v) is 4.18. The molecule has 140 valence electrons. The van der Waals surface area contributed by atoms with Crippen molar-refractivity contribution in [3.05, 3.63) is 34.1 Å². The summed E-state index contributed by atoms with van der Waals surface area (Å²) in [6.45, 7) is 4.61. The van der Waals surface area contributed by atoms with Crippen LogP contribution in [0.4, 0.5) is 0 Å². The van der Waals surface area contributed by atoms with Crippen LogP contribution in [0.2, 0.25) is 5.02 Å². The maximum absolute atomic E-state index is 6.06. The van der Waals surface area contributed by atoms with Gasteiger partial charge in [0.15, 0.2) is 10.6 Å². The van der Waals surface area contributed by atoms with Gasteiger partial charge in [-0.15, -0.1) is 0 Å². The molecule has 2 fully saturated rings. The third kappa shape index (κ3) is 4.03. The molecule has 0 saturated carbocycles.